The molecule has 4 aromatic rings. The summed E-state index contributed by atoms with van der Waals surface area (Å²) in [6.07, 6.45) is 9.09. The number of aromatic amines is 1. The van der Waals surface area contributed by atoms with Crippen LogP contribution < -0.4 is 5.69 Å². The molecule has 0 aliphatic heterocycles. The second-order valence-corrected chi connectivity index (χ2v) is 9.42. The Bertz CT molecular complexity index is 1280. The van der Waals surface area contributed by atoms with Gasteiger partial charge in [-0.3, -0.25) is 9.13 Å². The summed E-state index contributed by atoms with van der Waals surface area (Å²) in [5, 5.41) is 14.4. The molecule has 1 atom stereocenters. The average Bonchev–Trinajstić information content (AvgIpc) is 3.54. The number of tetrazole rings is 1. The number of benzene rings is 2. The topological polar surface area (TPSA) is 81.4 Å². The van der Waals surface area contributed by atoms with Gasteiger partial charge in [0.05, 0.1) is 6.54 Å². The van der Waals surface area contributed by atoms with Gasteiger partial charge in [-0.15, -0.1) is 5.10 Å². The lowest BCUT2D eigenvalue weighted by molar-refractivity contribution is 0.344. The summed E-state index contributed by atoms with van der Waals surface area (Å²) in [5.41, 5.74) is 5.51. The standard InChI is InChI=1S/C27H32N6O/c1-3-19(2)25-18-32(22-9-5-4-6-10-22)27(34)33(25)17-20-13-15-21(16-14-20)23-11-7-8-12-24(23)26-28-30-31-29-26/h7-8,11-16,18-19,22H,3-6,9-10,17H2,1-2H3,(H,28,29,30,31). The Morgan fingerprint density at radius 1 is 1.03 bits per heavy atom. The molecule has 1 N–H and O–H groups in total. The summed E-state index contributed by atoms with van der Waals surface area (Å²) in [7, 11) is 0. The summed E-state index contributed by atoms with van der Waals surface area (Å²) in [6, 6.07) is 16.9. The van der Waals surface area contributed by atoms with Gasteiger partial charge in [-0.1, -0.05) is 81.6 Å². The molecule has 1 saturated carbocycles. The summed E-state index contributed by atoms with van der Waals surface area (Å²) < 4.78 is 4.02. The Morgan fingerprint density at radius 3 is 2.44 bits per heavy atom. The third-order valence-electron chi connectivity index (χ3n) is 7.25. The number of H-pyrrole nitrogens is 1. The Kier molecular flexibility index (Phi) is 6.43. The molecule has 0 spiro atoms. The van der Waals surface area contributed by atoms with Crippen molar-refractivity contribution in [2.24, 2.45) is 0 Å². The highest BCUT2D eigenvalue weighted by Gasteiger charge is 2.22. The smallest absolute Gasteiger partial charge is 0.296 e. The molecule has 1 aliphatic carbocycles. The van der Waals surface area contributed by atoms with Crippen LogP contribution in [-0.2, 0) is 6.54 Å². The molecule has 34 heavy (non-hydrogen) atoms. The van der Waals surface area contributed by atoms with E-state index in [-0.39, 0.29) is 5.69 Å². The van der Waals surface area contributed by atoms with Crippen LogP contribution in [0.1, 0.15) is 75.6 Å². The number of imidazole rings is 1. The average molecular weight is 457 g/mol. The zero-order valence-corrected chi connectivity index (χ0v) is 19.9. The number of hydrogen-bond acceptors (Lipinski definition) is 4. The van der Waals surface area contributed by atoms with Gasteiger partial charge in [0.1, 0.15) is 0 Å². The van der Waals surface area contributed by atoms with Gasteiger partial charge >= 0.3 is 5.69 Å². The molecule has 0 saturated heterocycles. The van der Waals surface area contributed by atoms with Crippen LogP contribution >= 0.6 is 0 Å². The van der Waals surface area contributed by atoms with E-state index < -0.39 is 0 Å². The van der Waals surface area contributed by atoms with E-state index in [1.165, 1.54) is 19.3 Å². The third kappa shape index (κ3) is 4.34. The Morgan fingerprint density at radius 2 is 1.76 bits per heavy atom. The van der Waals surface area contributed by atoms with Gasteiger partial charge < -0.3 is 0 Å². The van der Waals surface area contributed by atoms with Crippen LogP contribution in [0, 0.1) is 0 Å². The molecule has 176 valence electrons. The molecule has 2 aromatic carbocycles. The van der Waals surface area contributed by atoms with E-state index in [4.69, 9.17) is 0 Å². The van der Waals surface area contributed by atoms with E-state index in [0.717, 1.165) is 47.2 Å². The minimum atomic E-state index is 0.134. The largest absolute Gasteiger partial charge is 0.328 e. The highest BCUT2D eigenvalue weighted by atomic mass is 16.1. The monoisotopic (exact) mass is 456 g/mol. The molecule has 1 fully saturated rings. The summed E-state index contributed by atoms with van der Waals surface area (Å²) in [4.78, 5) is 13.5. The minimum Gasteiger partial charge on any atom is -0.296 e. The van der Waals surface area contributed by atoms with E-state index in [9.17, 15) is 4.79 Å². The molecule has 0 amide bonds. The van der Waals surface area contributed by atoms with Gasteiger partial charge in [0.15, 0.2) is 5.82 Å². The van der Waals surface area contributed by atoms with Crippen LogP contribution in [-0.4, -0.2) is 29.8 Å². The molecule has 5 rings (SSSR count). The number of nitrogens with zero attached hydrogens (tertiary/aromatic N) is 5. The highest BCUT2D eigenvalue weighted by Crippen LogP contribution is 2.31. The first-order valence-corrected chi connectivity index (χ1v) is 12.4. The molecule has 0 radical (unpaired) electrons. The maximum Gasteiger partial charge on any atom is 0.328 e. The summed E-state index contributed by atoms with van der Waals surface area (Å²) in [5.74, 6) is 0.993. The lowest BCUT2D eigenvalue weighted by atomic mass is 9.95. The predicted octanol–water partition coefficient (Wildman–Crippen LogP) is 5.56. The van der Waals surface area contributed by atoms with E-state index >= 15 is 0 Å². The van der Waals surface area contributed by atoms with Crippen molar-refractivity contribution < 1.29 is 0 Å². The molecule has 1 aliphatic rings. The first-order valence-electron chi connectivity index (χ1n) is 12.4. The Labute approximate surface area is 199 Å². The van der Waals surface area contributed by atoms with E-state index in [1.807, 2.05) is 27.3 Å². The van der Waals surface area contributed by atoms with Gasteiger partial charge in [0, 0.05) is 23.5 Å². The fourth-order valence-electron chi connectivity index (χ4n) is 5.09. The van der Waals surface area contributed by atoms with Crippen LogP contribution in [0.3, 0.4) is 0 Å². The van der Waals surface area contributed by atoms with Gasteiger partial charge in [-0.25, -0.2) is 9.89 Å². The first-order chi connectivity index (χ1) is 16.7. The second-order valence-electron chi connectivity index (χ2n) is 9.42. The number of aromatic nitrogens is 6. The lowest BCUT2D eigenvalue weighted by Crippen LogP contribution is -2.29. The van der Waals surface area contributed by atoms with Gasteiger partial charge in [-0.05, 0) is 52.3 Å². The zero-order chi connectivity index (χ0) is 23.5. The number of rotatable bonds is 7. The molecule has 1 unspecified atom stereocenters. The second kappa shape index (κ2) is 9.79. The highest BCUT2D eigenvalue weighted by molar-refractivity contribution is 5.80. The molecular formula is C27H32N6O. The van der Waals surface area contributed by atoms with Crippen LogP contribution in [0.5, 0.6) is 0 Å². The van der Waals surface area contributed by atoms with Crippen LogP contribution in [0.25, 0.3) is 22.5 Å². The molecule has 0 bridgehead atoms. The normalized spacial score (nSPS) is 15.5. The quantitative estimate of drug-likeness (QED) is 0.394. The zero-order valence-electron chi connectivity index (χ0n) is 19.9. The summed E-state index contributed by atoms with van der Waals surface area (Å²) >= 11 is 0. The summed E-state index contributed by atoms with van der Waals surface area (Å²) in [6.45, 7) is 4.99. The number of hydrogen-bond donors (Lipinski definition) is 1. The van der Waals surface area contributed by atoms with Crippen molar-refractivity contribution in [2.75, 3.05) is 0 Å². The van der Waals surface area contributed by atoms with Crippen molar-refractivity contribution in [3.63, 3.8) is 0 Å². The molecular weight excluding hydrogens is 424 g/mol. The van der Waals surface area contributed by atoms with E-state index in [0.29, 0.717) is 24.3 Å². The van der Waals surface area contributed by atoms with Crippen molar-refractivity contribution in [2.45, 2.75) is 70.9 Å². The van der Waals surface area contributed by atoms with Gasteiger partial charge in [-0.2, -0.15) is 0 Å². The Hall–Kier alpha value is -3.48. The molecule has 2 aromatic heterocycles. The van der Waals surface area contributed by atoms with Crippen molar-refractivity contribution >= 4 is 0 Å². The van der Waals surface area contributed by atoms with Crippen molar-refractivity contribution in [1.82, 2.24) is 29.8 Å². The first kappa shape index (κ1) is 22.3. The van der Waals surface area contributed by atoms with E-state index in [1.54, 1.807) is 0 Å². The van der Waals surface area contributed by atoms with Crippen LogP contribution in [0.15, 0.2) is 59.5 Å². The molecule has 7 heteroatoms. The fourth-order valence-corrected chi connectivity index (χ4v) is 5.09. The molecule has 2 heterocycles. The minimum absolute atomic E-state index is 0.134. The van der Waals surface area contributed by atoms with Crippen molar-refractivity contribution in [1.29, 1.82) is 0 Å². The molecule has 7 nitrogen and oxygen atoms in total. The maximum absolute atomic E-state index is 13.5. The van der Waals surface area contributed by atoms with Crippen molar-refractivity contribution in [3.8, 4) is 22.5 Å². The third-order valence-corrected chi connectivity index (χ3v) is 7.25. The van der Waals surface area contributed by atoms with Crippen molar-refractivity contribution in [3.05, 3.63) is 76.5 Å². The van der Waals surface area contributed by atoms with Crippen LogP contribution in [0.2, 0.25) is 0 Å². The van der Waals surface area contributed by atoms with Gasteiger partial charge in [0.25, 0.3) is 0 Å². The SMILES string of the molecule is CCC(C)c1cn(C2CCCCC2)c(=O)n1Cc1ccc(-c2ccccc2-c2nnn[nH]2)cc1. The van der Waals surface area contributed by atoms with E-state index in [2.05, 4.69) is 71.0 Å². The van der Waals surface area contributed by atoms with Crippen LogP contribution in [0.4, 0.5) is 0 Å². The Balaban J connectivity index is 1.45. The lowest BCUT2D eigenvalue weighted by Gasteiger charge is -2.22. The number of nitrogens with one attached hydrogen (secondary N) is 1. The maximum atomic E-state index is 13.5. The van der Waals surface area contributed by atoms with Gasteiger partial charge in [0.2, 0.25) is 0 Å². The fraction of sp³-hybridized carbons (Fsp3) is 0.407. The predicted molar refractivity (Wildman–Crippen MR) is 134 cm³/mol.